The van der Waals surface area contributed by atoms with E-state index in [0.29, 0.717) is 18.3 Å². The van der Waals surface area contributed by atoms with Crippen LogP contribution in [0.15, 0.2) is 24.3 Å². The van der Waals surface area contributed by atoms with Gasteiger partial charge in [0, 0.05) is 19.5 Å². The minimum atomic E-state index is -0.132. The lowest BCUT2D eigenvalue weighted by molar-refractivity contribution is -0.119. The van der Waals surface area contributed by atoms with Gasteiger partial charge in [-0.2, -0.15) is 0 Å². The van der Waals surface area contributed by atoms with E-state index in [4.69, 9.17) is 5.73 Å². The number of nitrogens with two attached hydrogens (primary N) is 1. The number of amides is 2. The number of rotatable bonds is 4. The molecule has 0 spiro atoms. The minimum absolute atomic E-state index is 0.132. The molecule has 2 N–H and O–H groups in total. The molecule has 1 aromatic carbocycles. The quantitative estimate of drug-likeness (QED) is 0.722. The van der Waals surface area contributed by atoms with Gasteiger partial charge in [0.05, 0.1) is 0 Å². The molecule has 2 aliphatic rings. The van der Waals surface area contributed by atoms with Crippen LogP contribution in [0.2, 0.25) is 0 Å². The molecule has 1 aromatic rings. The largest absolute Gasteiger partial charge is 0.370 e. The summed E-state index contributed by atoms with van der Waals surface area (Å²) in [4.78, 5) is 22.9. The highest BCUT2D eigenvalue weighted by atomic mass is 16.1. The molecule has 0 atom stereocenters. The van der Waals surface area contributed by atoms with Crippen molar-refractivity contribution in [1.82, 2.24) is 4.90 Å². The first kappa shape index (κ1) is 24.2. The molecular formula is C24H40N2O2. The Morgan fingerprint density at radius 1 is 1.04 bits per heavy atom. The number of benzene rings is 1. The molecule has 1 aliphatic heterocycles. The average molecular weight is 389 g/mol. The molecule has 4 nitrogen and oxygen atoms in total. The summed E-state index contributed by atoms with van der Waals surface area (Å²) in [5, 5.41) is 0. The molecule has 1 heterocycles. The fourth-order valence-electron chi connectivity index (χ4n) is 3.85. The van der Waals surface area contributed by atoms with Gasteiger partial charge in [0.15, 0.2) is 0 Å². The Balaban J connectivity index is 0.000000261. The Bertz CT molecular complexity index is 542. The second-order valence-electron chi connectivity index (χ2n) is 8.21. The first-order chi connectivity index (χ1) is 13.5. The highest BCUT2D eigenvalue weighted by molar-refractivity contribution is 5.73. The van der Waals surface area contributed by atoms with Crippen molar-refractivity contribution in [3.05, 3.63) is 35.4 Å². The lowest BCUT2D eigenvalue weighted by Crippen LogP contribution is -2.31. The SMILES string of the molecule is CCC.Cc1ccc(C2CCN(C=O)CC2)cc1.NC(=O)CC1CCCCC1. The Labute approximate surface area is 171 Å². The summed E-state index contributed by atoms with van der Waals surface area (Å²) in [6, 6.07) is 8.77. The Morgan fingerprint density at radius 3 is 2.04 bits per heavy atom. The zero-order chi connectivity index (χ0) is 20.8. The van der Waals surface area contributed by atoms with Crippen LogP contribution in [0.25, 0.3) is 0 Å². The third-order valence-corrected chi connectivity index (χ3v) is 5.44. The monoisotopic (exact) mass is 388 g/mol. The number of likely N-dealkylation sites (tertiary alicyclic amines) is 1. The van der Waals surface area contributed by atoms with Gasteiger partial charge in [0.2, 0.25) is 12.3 Å². The van der Waals surface area contributed by atoms with Crippen LogP contribution in [0.1, 0.15) is 88.7 Å². The molecule has 0 aromatic heterocycles. The predicted octanol–water partition coefficient (Wildman–Crippen LogP) is 5.19. The van der Waals surface area contributed by atoms with Crippen molar-refractivity contribution in [2.45, 2.75) is 84.5 Å². The normalized spacial score (nSPS) is 17.6. The van der Waals surface area contributed by atoms with Gasteiger partial charge in [-0.25, -0.2) is 0 Å². The summed E-state index contributed by atoms with van der Waals surface area (Å²) < 4.78 is 0. The van der Waals surface area contributed by atoms with E-state index < -0.39 is 0 Å². The van der Waals surface area contributed by atoms with Crippen molar-refractivity contribution in [2.75, 3.05) is 13.1 Å². The van der Waals surface area contributed by atoms with Crippen LogP contribution in [0.5, 0.6) is 0 Å². The van der Waals surface area contributed by atoms with Crippen LogP contribution >= 0.6 is 0 Å². The molecule has 158 valence electrons. The van der Waals surface area contributed by atoms with Crippen LogP contribution in [-0.4, -0.2) is 30.3 Å². The fourth-order valence-corrected chi connectivity index (χ4v) is 3.85. The molecule has 1 aliphatic carbocycles. The number of hydrogen-bond donors (Lipinski definition) is 1. The van der Waals surface area contributed by atoms with Crippen LogP contribution in [0.4, 0.5) is 0 Å². The Hall–Kier alpha value is -1.84. The van der Waals surface area contributed by atoms with E-state index in [1.807, 2.05) is 4.90 Å². The van der Waals surface area contributed by atoms with Crippen molar-refractivity contribution in [2.24, 2.45) is 11.7 Å². The van der Waals surface area contributed by atoms with Gasteiger partial charge in [-0.3, -0.25) is 9.59 Å². The van der Waals surface area contributed by atoms with Gasteiger partial charge in [-0.15, -0.1) is 0 Å². The second-order valence-corrected chi connectivity index (χ2v) is 8.21. The number of hydrogen-bond acceptors (Lipinski definition) is 2. The molecular weight excluding hydrogens is 348 g/mol. The maximum Gasteiger partial charge on any atom is 0.217 e. The summed E-state index contributed by atoms with van der Waals surface area (Å²) in [6.45, 7) is 8.17. The number of aryl methyl sites for hydroxylation is 1. The summed E-state index contributed by atoms with van der Waals surface area (Å²) in [5.74, 6) is 1.11. The van der Waals surface area contributed by atoms with Crippen LogP contribution in [-0.2, 0) is 9.59 Å². The predicted molar refractivity (Wildman–Crippen MR) is 117 cm³/mol. The van der Waals surface area contributed by atoms with Gasteiger partial charge in [0.25, 0.3) is 0 Å². The first-order valence-corrected chi connectivity index (χ1v) is 11.0. The number of carbonyl (C=O) groups is 2. The molecule has 4 heteroatoms. The Kier molecular flexibility index (Phi) is 12.3. The molecule has 3 rings (SSSR count). The maximum atomic E-state index is 10.6. The van der Waals surface area contributed by atoms with E-state index in [1.54, 1.807) is 0 Å². The van der Waals surface area contributed by atoms with Gasteiger partial charge in [-0.1, -0.05) is 69.4 Å². The fraction of sp³-hybridized carbons (Fsp3) is 0.667. The molecule has 28 heavy (non-hydrogen) atoms. The average Bonchev–Trinajstić information content (AvgIpc) is 2.70. The van der Waals surface area contributed by atoms with Gasteiger partial charge in [-0.05, 0) is 50.0 Å². The number of primary amides is 1. The zero-order valence-corrected chi connectivity index (χ0v) is 18.2. The lowest BCUT2D eigenvalue weighted by Gasteiger charge is -2.29. The topological polar surface area (TPSA) is 63.4 Å². The van der Waals surface area contributed by atoms with Crippen molar-refractivity contribution >= 4 is 12.3 Å². The second kappa shape index (κ2) is 14.2. The maximum absolute atomic E-state index is 10.6. The first-order valence-electron chi connectivity index (χ1n) is 11.0. The van der Waals surface area contributed by atoms with E-state index in [9.17, 15) is 9.59 Å². The molecule has 2 fully saturated rings. The van der Waals surface area contributed by atoms with Crippen LogP contribution < -0.4 is 5.73 Å². The molecule has 0 bridgehead atoms. The lowest BCUT2D eigenvalue weighted by atomic mass is 9.87. The van der Waals surface area contributed by atoms with E-state index in [2.05, 4.69) is 45.0 Å². The van der Waals surface area contributed by atoms with E-state index in [1.165, 1.54) is 49.7 Å². The highest BCUT2D eigenvalue weighted by Gasteiger charge is 2.19. The van der Waals surface area contributed by atoms with Crippen LogP contribution in [0.3, 0.4) is 0 Å². The Morgan fingerprint density at radius 2 is 1.57 bits per heavy atom. The van der Waals surface area contributed by atoms with E-state index >= 15 is 0 Å². The van der Waals surface area contributed by atoms with E-state index in [-0.39, 0.29) is 5.91 Å². The molecule has 0 radical (unpaired) electrons. The molecule has 1 saturated heterocycles. The van der Waals surface area contributed by atoms with Crippen molar-refractivity contribution in [1.29, 1.82) is 0 Å². The summed E-state index contributed by atoms with van der Waals surface area (Å²) in [7, 11) is 0. The third kappa shape index (κ3) is 9.91. The number of piperidine rings is 1. The van der Waals surface area contributed by atoms with Crippen molar-refractivity contribution in [3.63, 3.8) is 0 Å². The van der Waals surface area contributed by atoms with Gasteiger partial charge in [0.1, 0.15) is 0 Å². The number of nitrogens with zero attached hydrogens (tertiary/aromatic N) is 1. The highest BCUT2D eigenvalue weighted by Crippen LogP contribution is 2.27. The molecule has 1 saturated carbocycles. The molecule has 2 amide bonds. The van der Waals surface area contributed by atoms with Gasteiger partial charge >= 0.3 is 0 Å². The summed E-state index contributed by atoms with van der Waals surface area (Å²) >= 11 is 0. The van der Waals surface area contributed by atoms with E-state index in [0.717, 1.165) is 32.3 Å². The molecule has 0 unspecified atom stereocenters. The summed E-state index contributed by atoms with van der Waals surface area (Å²) in [6.07, 6.45) is 11.4. The zero-order valence-electron chi connectivity index (χ0n) is 18.2. The standard InChI is InChI=1S/C13H17NO.C8H15NO.C3H8/c1-11-2-4-12(5-3-11)13-6-8-14(10-15)9-7-13;9-8(10)6-7-4-2-1-3-5-7;1-3-2/h2-5,10,13H,6-9H2,1H3;7H,1-6H2,(H2,9,10);3H2,1-2H3. The third-order valence-electron chi connectivity index (χ3n) is 5.44. The van der Waals surface area contributed by atoms with Crippen LogP contribution in [0, 0.1) is 12.8 Å². The smallest absolute Gasteiger partial charge is 0.217 e. The van der Waals surface area contributed by atoms with Gasteiger partial charge < -0.3 is 10.6 Å². The van der Waals surface area contributed by atoms with Crippen molar-refractivity contribution < 1.29 is 9.59 Å². The summed E-state index contributed by atoms with van der Waals surface area (Å²) in [5.41, 5.74) is 7.82. The minimum Gasteiger partial charge on any atom is -0.370 e. The number of carbonyl (C=O) groups excluding carboxylic acids is 2. The van der Waals surface area contributed by atoms with Crippen molar-refractivity contribution in [3.8, 4) is 0 Å².